The van der Waals surface area contributed by atoms with Gasteiger partial charge < -0.3 is 4.74 Å². The summed E-state index contributed by atoms with van der Waals surface area (Å²) in [6.07, 6.45) is 4.66. The van der Waals surface area contributed by atoms with Crippen molar-refractivity contribution in [2.75, 3.05) is 6.61 Å². The second-order valence-electron chi connectivity index (χ2n) is 6.15. The lowest BCUT2D eigenvalue weighted by Crippen LogP contribution is -2.69. The summed E-state index contributed by atoms with van der Waals surface area (Å²) in [6, 6.07) is 0. The number of ether oxygens (including phenoxy) is 1. The molecule has 0 radical (unpaired) electrons. The van der Waals surface area contributed by atoms with Crippen LogP contribution < -0.4 is 5.32 Å². The minimum atomic E-state index is 0.0203. The maximum Gasteiger partial charge on any atom is 0.120 e. The zero-order valence-corrected chi connectivity index (χ0v) is 9.94. The first-order chi connectivity index (χ1) is 6.39. The largest absolute Gasteiger partial charge is 0.361 e. The van der Waals surface area contributed by atoms with Crippen molar-refractivity contribution in [2.24, 2.45) is 5.41 Å². The Kier molecular flexibility index (Phi) is 2.20. The normalized spacial score (nSPS) is 39.4. The van der Waals surface area contributed by atoms with Crippen LogP contribution in [0, 0.1) is 5.41 Å². The van der Waals surface area contributed by atoms with Gasteiger partial charge in [0.1, 0.15) is 5.72 Å². The Morgan fingerprint density at radius 2 is 1.86 bits per heavy atom. The number of hydrogen-bond donors (Lipinski definition) is 1. The predicted octanol–water partition coefficient (Wildman–Crippen LogP) is 2.68. The van der Waals surface area contributed by atoms with Crippen molar-refractivity contribution in [3.8, 4) is 0 Å². The van der Waals surface area contributed by atoms with Crippen molar-refractivity contribution in [1.29, 1.82) is 0 Å². The highest BCUT2D eigenvalue weighted by Gasteiger charge is 2.54. The van der Waals surface area contributed by atoms with Gasteiger partial charge in [-0.2, -0.15) is 0 Å². The Bertz CT molecular complexity index is 228. The fourth-order valence-corrected chi connectivity index (χ4v) is 3.07. The SMILES string of the molecule is CCC1(C)CCOC2(CC(C)(C)C2)N1. The van der Waals surface area contributed by atoms with Gasteiger partial charge in [-0.3, -0.25) is 5.32 Å². The molecule has 1 spiro atoms. The second-order valence-corrected chi connectivity index (χ2v) is 6.15. The molecule has 0 aromatic carbocycles. The van der Waals surface area contributed by atoms with Crippen molar-refractivity contribution < 1.29 is 4.74 Å². The van der Waals surface area contributed by atoms with Gasteiger partial charge in [0.05, 0.1) is 6.61 Å². The van der Waals surface area contributed by atoms with Crippen LogP contribution in [0.3, 0.4) is 0 Å². The predicted molar refractivity (Wildman–Crippen MR) is 58.1 cm³/mol. The second kappa shape index (κ2) is 2.96. The molecule has 1 saturated carbocycles. The minimum absolute atomic E-state index is 0.0203. The highest BCUT2D eigenvalue weighted by atomic mass is 16.5. The fourth-order valence-electron chi connectivity index (χ4n) is 3.07. The minimum Gasteiger partial charge on any atom is -0.361 e. The molecule has 14 heavy (non-hydrogen) atoms. The van der Waals surface area contributed by atoms with E-state index >= 15 is 0 Å². The van der Waals surface area contributed by atoms with E-state index in [4.69, 9.17) is 4.74 Å². The van der Waals surface area contributed by atoms with E-state index in [1.807, 2.05) is 0 Å². The van der Waals surface area contributed by atoms with Gasteiger partial charge in [-0.05, 0) is 38.0 Å². The van der Waals surface area contributed by atoms with E-state index in [9.17, 15) is 0 Å². The van der Waals surface area contributed by atoms with Crippen LogP contribution in [0.4, 0.5) is 0 Å². The lowest BCUT2D eigenvalue weighted by atomic mass is 9.64. The standard InChI is InChI=1S/C12H23NO/c1-5-11(4)6-7-14-12(13-11)8-10(2,3)9-12/h13H,5-9H2,1-4H3. The summed E-state index contributed by atoms with van der Waals surface area (Å²) < 4.78 is 5.92. The molecule has 0 aromatic rings. The first-order valence-corrected chi connectivity index (χ1v) is 5.82. The van der Waals surface area contributed by atoms with Crippen LogP contribution in [0.1, 0.15) is 53.4 Å². The molecule has 82 valence electrons. The fraction of sp³-hybridized carbons (Fsp3) is 1.00. The zero-order chi connectivity index (χ0) is 10.4. The van der Waals surface area contributed by atoms with Gasteiger partial charge in [-0.25, -0.2) is 0 Å². The van der Waals surface area contributed by atoms with E-state index in [1.165, 1.54) is 6.42 Å². The molecule has 1 aliphatic carbocycles. The molecule has 1 heterocycles. The molecular weight excluding hydrogens is 174 g/mol. The summed E-state index contributed by atoms with van der Waals surface area (Å²) in [4.78, 5) is 0. The molecular formula is C12H23NO. The van der Waals surface area contributed by atoms with Crippen molar-refractivity contribution >= 4 is 0 Å². The highest BCUT2D eigenvalue weighted by molar-refractivity contribution is 5.05. The molecule has 1 saturated heterocycles. The van der Waals surface area contributed by atoms with Gasteiger partial charge in [0.25, 0.3) is 0 Å². The third kappa shape index (κ3) is 1.70. The Balaban J connectivity index is 2.03. The van der Waals surface area contributed by atoms with Crippen LogP contribution in [0.25, 0.3) is 0 Å². The first kappa shape index (κ1) is 10.4. The van der Waals surface area contributed by atoms with Crippen molar-refractivity contribution in [3.63, 3.8) is 0 Å². The quantitative estimate of drug-likeness (QED) is 0.698. The highest BCUT2D eigenvalue weighted by Crippen LogP contribution is 2.51. The van der Waals surface area contributed by atoms with Gasteiger partial charge in [0, 0.05) is 5.54 Å². The Morgan fingerprint density at radius 1 is 1.21 bits per heavy atom. The topological polar surface area (TPSA) is 21.3 Å². The summed E-state index contributed by atoms with van der Waals surface area (Å²) in [5, 5.41) is 3.73. The van der Waals surface area contributed by atoms with E-state index in [-0.39, 0.29) is 5.72 Å². The number of rotatable bonds is 1. The monoisotopic (exact) mass is 197 g/mol. The summed E-state index contributed by atoms with van der Waals surface area (Å²) in [5.41, 5.74) is 0.792. The van der Waals surface area contributed by atoms with Gasteiger partial charge in [-0.1, -0.05) is 20.8 Å². The van der Waals surface area contributed by atoms with E-state index in [0.29, 0.717) is 11.0 Å². The molecule has 2 aliphatic rings. The summed E-state index contributed by atoms with van der Waals surface area (Å²) in [7, 11) is 0. The molecule has 1 N–H and O–H groups in total. The van der Waals surface area contributed by atoms with Crippen LogP contribution in [0.15, 0.2) is 0 Å². The summed E-state index contributed by atoms with van der Waals surface area (Å²) >= 11 is 0. The van der Waals surface area contributed by atoms with E-state index in [0.717, 1.165) is 25.9 Å². The van der Waals surface area contributed by atoms with Gasteiger partial charge in [0.15, 0.2) is 0 Å². The van der Waals surface area contributed by atoms with Crippen molar-refractivity contribution in [2.45, 2.75) is 64.6 Å². The lowest BCUT2D eigenvalue weighted by molar-refractivity contribution is -0.217. The maximum atomic E-state index is 5.92. The van der Waals surface area contributed by atoms with Crippen LogP contribution in [0.5, 0.6) is 0 Å². The lowest BCUT2D eigenvalue weighted by Gasteiger charge is -2.59. The Labute approximate surface area is 87.4 Å². The average molecular weight is 197 g/mol. The van der Waals surface area contributed by atoms with Gasteiger partial charge >= 0.3 is 0 Å². The average Bonchev–Trinajstić information content (AvgIpc) is 2.00. The number of hydrogen-bond acceptors (Lipinski definition) is 2. The molecule has 2 rings (SSSR count). The summed E-state index contributed by atoms with van der Waals surface area (Å²) in [6.45, 7) is 10.1. The third-order valence-corrected chi connectivity index (χ3v) is 3.87. The third-order valence-electron chi connectivity index (χ3n) is 3.87. The molecule has 0 bridgehead atoms. The van der Waals surface area contributed by atoms with E-state index in [1.54, 1.807) is 0 Å². The smallest absolute Gasteiger partial charge is 0.120 e. The molecule has 2 heteroatoms. The maximum absolute atomic E-state index is 5.92. The van der Waals surface area contributed by atoms with E-state index in [2.05, 4.69) is 33.0 Å². The molecule has 1 aliphatic heterocycles. The van der Waals surface area contributed by atoms with Crippen molar-refractivity contribution in [3.05, 3.63) is 0 Å². The van der Waals surface area contributed by atoms with Crippen LogP contribution >= 0.6 is 0 Å². The van der Waals surface area contributed by atoms with Crippen LogP contribution in [0.2, 0.25) is 0 Å². The van der Waals surface area contributed by atoms with Gasteiger partial charge in [0.2, 0.25) is 0 Å². The zero-order valence-electron chi connectivity index (χ0n) is 9.94. The van der Waals surface area contributed by atoms with Crippen LogP contribution in [-0.2, 0) is 4.74 Å². The molecule has 1 unspecified atom stereocenters. The van der Waals surface area contributed by atoms with Gasteiger partial charge in [-0.15, -0.1) is 0 Å². The van der Waals surface area contributed by atoms with Crippen LogP contribution in [-0.4, -0.2) is 17.9 Å². The number of nitrogens with one attached hydrogen (secondary N) is 1. The van der Waals surface area contributed by atoms with E-state index < -0.39 is 0 Å². The van der Waals surface area contributed by atoms with Crippen molar-refractivity contribution in [1.82, 2.24) is 5.32 Å². The molecule has 0 aromatic heterocycles. The molecule has 2 nitrogen and oxygen atoms in total. The molecule has 1 atom stereocenters. The molecule has 2 fully saturated rings. The Hall–Kier alpha value is -0.0800. The first-order valence-electron chi connectivity index (χ1n) is 5.82. The Morgan fingerprint density at radius 3 is 2.36 bits per heavy atom. The summed E-state index contributed by atoms with van der Waals surface area (Å²) in [5.74, 6) is 0. The molecule has 0 amide bonds.